The third kappa shape index (κ3) is 6.70. The molecule has 9 heteroatoms. The van der Waals surface area contributed by atoms with Crippen molar-refractivity contribution in [2.24, 2.45) is 0 Å². The van der Waals surface area contributed by atoms with E-state index in [0.29, 0.717) is 24.4 Å². The third-order valence-corrected chi connectivity index (χ3v) is 8.58. The molecule has 2 aliphatic rings. The number of hydrogen-bond acceptors (Lipinski definition) is 5. The van der Waals surface area contributed by atoms with Crippen LogP contribution in [0.3, 0.4) is 0 Å². The average molecular weight is 614 g/mol. The van der Waals surface area contributed by atoms with Crippen molar-refractivity contribution in [3.8, 4) is 0 Å². The van der Waals surface area contributed by atoms with Gasteiger partial charge in [-0.2, -0.15) is 0 Å². The number of benzene rings is 3. The first-order valence-corrected chi connectivity index (χ1v) is 15.3. The van der Waals surface area contributed by atoms with Gasteiger partial charge in [0.15, 0.2) is 22.6 Å². The molecule has 2 fully saturated rings. The Bertz CT molecular complexity index is 1780. The van der Waals surface area contributed by atoms with Crippen LogP contribution in [0.5, 0.6) is 0 Å². The van der Waals surface area contributed by atoms with E-state index in [2.05, 4.69) is 28.4 Å². The molecule has 44 heavy (non-hydrogen) atoms. The van der Waals surface area contributed by atoms with Gasteiger partial charge in [0.2, 0.25) is 5.91 Å². The van der Waals surface area contributed by atoms with Crippen LogP contribution in [0, 0.1) is 5.82 Å². The predicted octanol–water partition coefficient (Wildman–Crippen LogP) is 6.28. The molecule has 0 radical (unpaired) electrons. The minimum Gasteiger partial charge on any atom is -0.448 e. The standard InChI is InChI=1S/C35H33ClFN3O4/c36-26-12-10-23(11-13-26)19-27(38-35(43)32-21-31(41)28-6-3-7-29(37)34(28)44-32)20-24-14-17-39(18-15-24)30-8-2-1-5-25(30)22-40-16-4-9-33(40)42/h1-3,5-8,10-13,20-21,27H,4,9,14-19,22H2,(H,38,43). The molecular weight excluding hydrogens is 581 g/mol. The first-order chi connectivity index (χ1) is 21.3. The number of anilines is 1. The minimum absolute atomic E-state index is 0.0849. The van der Waals surface area contributed by atoms with Crippen molar-refractivity contribution in [2.45, 2.75) is 44.7 Å². The molecule has 6 rings (SSSR count). The maximum Gasteiger partial charge on any atom is 0.287 e. The van der Waals surface area contributed by atoms with E-state index < -0.39 is 23.2 Å². The van der Waals surface area contributed by atoms with E-state index in [4.69, 9.17) is 16.0 Å². The van der Waals surface area contributed by atoms with Gasteiger partial charge in [0, 0.05) is 49.4 Å². The summed E-state index contributed by atoms with van der Waals surface area (Å²) in [5.41, 5.74) is 3.76. The van der Waals surface area contributed by atoms with Crippen molar-refractivity contribution < 1.29 is 18.4 Å². The Labute approximate surface area is 259 Å². The number of nitrogens with zero attached hydrogens (tertiary/aromatic N) is 2. The van der Waals surface area contributed by atoms with Crippen molar-refractivity contribution in [1.29, 1.82) is 0 Å². The second-order valence-electron chi connectivity index (χ2n) is 11.4. The van der Waals surface area contributed by atoms with Crippen LogP contribution in [0.1, 0.15) is 47.4 Å². The smallest absolute Gasteiger partial charge is 0.287 e. The van der Waals surface area contributed by atoms with E-state index in [0.717, 1.165) is 61.8 Å². The molecule has 2 aliphatic heterocycles. The molecule has 1 atom stereocenters. The molecule has 226 valence electrons. The molecule has 0 saturated carbocycles. The van der Waals surface area contributed by atoms with Crippen LogP contribution >= 0.6 is 11.6 Å². The summed E-state index contributed by atoms with van der Waals surface area (Å²) in [7, 11) is 0. The Hall–Kier alpha value is -4.43. The van der Waals surface area contributed by atoms with E-state index in [1.54, 1.807) is 12.1 Å². The maximum absolute atomic E-state index is 14.4. The number of carbonyl (C=O) groups excluding carboxylic acids is 2. The number of amides is 2. The lowest BCUT2D eigenvalue weighted by Gasteiger charge is -2.33. The largest absolute Gasteiger partial charge is 0.448 e. The number of fused-ring (bicyclic) bond motifs is 1. The fourth-order valence-electron chi connectivity index (χ4n) is 6.04. The first-order valence-electron chi connectivity index (χ1n) is 14.9. The molecule has 2 saturated heterocycles. The summed E-state index contributed by atoms with van der Waals surface area (Å²) in [6.45, 7) is 3.03. The molecular formula is C35H33ClFN3O4. The zero-order valence-corrected chi connectivity index (χ0v) is 25.0. The van der Waals surface area contributed by atoms with E-state index in [9.17, 15) is 18.8 Å². The summed E-state index contributed by atoms with van der Waals surface area (Å²) < 4.78 is 20.0. The molecule has 0 aliphatic carbocycles. The van der Waals surface area contributed by atoms with Crippen LogP contribution in [-0.4, -0.2) is 42.4 Å². The lowest BCUT2D eigenvalue weighted by atomic mass is 9.97. The summed E-state index contributed by atoms with van der Waals surface area (Å²) in [5, 5.41) is 3.70. The topological polar surface area (TPSA) is 82.9 Å². The van der Waals surface area contributed by atoms with E-state index >= 15 is 0 Å². The first kappa shape index (κ1) is 29.6. The summed E-state index contributed by atoms with van der Waals surface area (Å²) >= 11 is 6.09. The monoisotopic (exact) mass is 613 g/mol. The van der Waals surface area contributed by atoms with Crippen molar-refractivity contribution in [3.63, 3.8) is 0 Å². The van der Waals surface area contributed by atoms with Crippen LogP contribution < -0.4 is 15.6 Å². The van der Waals surface area contributed by atoms with Gasteiger partial charge >= 0.3 is 0 Å². The number of nitrogens with one attached hydrogen (secondary N) is 1. The molecule has 3 aromatic carbocycles. The number of hydrogen-bond donors (Lipinski definition) is 1. The number of piperidine rings is 1. The highest BCUT2D eigenvalue weighted by Crippen LogP contribution is 2.29. The van der Waals surface area contributed by atoms with E-state index in [1.807, 2.05) is 29.2 Å². The van der Waals surface area contributed by atoms with Crippen LogP contribution in [0.15, 0.2) is 93.7 Å². The minimum atomic E-state index is -0.700. The van der Waals surface area contributed by atoms with Crippen LogP contribution in [0.25, 0.3) is 11.0 Å². The molecule has 1 aromatic heterocycles. The van der Waals surface area contributed by atoms with Crippen molar-refractivity contribution in [1.82, 2.24) is 10.2 Å². The Morgan fingerprint density at radius 3 is 2.50 bits per heavy atom. The van der Waals surface area contributed by atoms with E-state index in [-0.39, 0.29) is 22.6 Å². The molecule has 7 nitrogen and oxygen atoms in total. The van der Waals surface area contributed by atoms with Crippen LogP contribution in [-0.2, 0) is 17.8 Å². The van der Waals surface area contributed by atoms with Crippen molar-refractivity contribution >= 4 is 40.1 Å². The highest BCUT2D eigenvalue weighted by molar-refractivity contribution is 6.30. The normalized spacial score (nSPS) is 16.0. The molecule has 1 N–H and O–H groups in total. The van der Waals surface area contributed by atoms with Crippen molar-refractivity contribution in [3.05, 3.63) is 122 Å². The molecule has 0 bridgehead atoms. The highest BCUT2D eigenvalue weighted by atomic mass is 35.5. The fraction of sp³-hybridized carbons (Fsp3) is 0.286. The summed E-state index contributed by atoms with van der Waals surface area (Å²) in [4.78, 5) is 42.5. The van der Waals surface area contributed by atoms with Gasteiger partial charge in [0.25, 0.3) is 5.91 Å². The second-order valence-corrected chi connectivity index (χ2v) is 11.8. The number of rotatable bonds is 8. The number of para-hydroxylation sites is 2. The Kier molecular flexibility index (Phi) is 8.79. The van der Waals surface area contributed by atoms with E-state index in [1.165, 1.54) is 23.8 Å². The number of halogens is 2. The van der Waals surface area contributed by atoms with Crippen LogP contribution in [0.4, 0.5) is 10.1 Å². The lowest BCUT2D eigenvalue weighted by Crippen LogP contribution is -2.37. The zero-order chi connectivity index (χ0) is 30.6. The van der Waals surface area contributed by atoms with Gasteiger partial charge < -0.3 is 19.5 Å². The van der Waals surface area contributed by atoms with Gasteiger partial charge in [-0.1, -0.05) is 59.6 Å². The number of likely N-dealkylation sites (tertiary alicyclic amines) is 1. The van der Waals surface area contributed by atoms with Gasteiger partial charge in [0.1, 0.15) is 0 Å². The maximum atomic E-state index is 14.4. The SMILES string of the molecule is O=C(NC(C=C1CCN(c2ccccc2CN2CCCC2=O)CC1)Cc1ccc(Cl)cc1)c1cc(=O)c2cccc(F)c2o1. The second kappa shape index (κ2) is 13.1. The van der Waals surface area contributed by atoms with Crippen molar-refractivity contribution in [2.75, 3.05) is 24.5 Å². The molecule has 2 amide bonds. The fourth-order valence-corrected chi connectivity index (χ4v) is 6.16. The quantitative estimate of drug-likeness (QED) is 0.237. The summed E-state index contributed by atoms with van der Waals surface area (Å²) in [6.07, 6.45) is 5.72. The van der Waals surface area contributed by atoms with Gasteiger partial charge in [-0.25, -0.2) is 4.39 Å². The van der Waals surface area contributed by atoms with Gasteiger partial charge in [0.05, 0.1) is 11.4 Å². The highest BCUT2D eigenvalue weighted by Gasteiger charge is 2.24. The number of carbonyl (C=O) groups is 2. The third-order valence-electron chi connectivity index (χ3n) is 8.32. The lowest BCUT2D eigenvalue weighted by molar-refractivity contribution is -0.128. The van der Waals surface area contributed by atoms with Gasteiger partial charge in [-0.15, -0.1) is 0 Å². The average Bonchev–Trinajstić information content (AvgIpc) is 3.43. The molecule has 4 aromatic rings. The van der Waals surface area contributed by atoms with Crippen LogP contribution in [0.2, 0.25) is 5.02 Å². The Morgan fingerprint density at radius 2 is 1.75 bits per heavy atom. The molecule has 0 spiro atoms. The molecule has 1 unspecified atom stereocenters. The summed E-state index contributed by atoms with van der Waals surface area (Å²) in [5.74, 6) is -1.32. The van der Waals surface area contributed by atoms with Gasteiger partial charge in [-0.05, 0) is 67.1 Å². The Morgan fingerprint density at radius 1 is 0.977 bits per heavy atom. The summed E-state index contributed by atoms with van der Waals surface area (Å²) in [6, 6.07) is 20.5. The predicted molar refractivity (Wildman–Crippen MR) is 169 cm³/mol. The van der Waals surface area contributed by atoms with Gasteiger partial charge in [-0.3, -0.25) is 14.4 Å². The Balaban J connectivity index is 1.20. The zero-order valence-electron chi connectivity index (χ0n) is 24.2. The molecule has 3 heterocycles.